The smallest absolute Gasteiger partial charge is 0.230 e. The van der Waals surface area contributed by atoms with E-state index in [-0.39, 0.29) is 5.91 Å². The van der Waals surface area contributed by atoms with Crippen LogP contribution in [0.15, 0.2) is 59.5 Å². The van der Waals surface area contributed by atoms with Crippen LogP contribution in [0.3, 0.4) is 0 Å². The number of nitrogens with one attached hydrogen (secondary N) is 1. The molecule has 0 aliphatic rings. The van der Waals surface area contributed by atoms with E-state index in [1.54, 1.807) is 11.8 Å². The average molecular weight is 440 g/mol. The number of halogens is 1. The first-order chi connectivity index (χ1) is 11.1. The van der Waals surface area contributed by atoms with Crippen LogP contribution in [0.2, 0.25) is 0 Å². The molecule has 0 bridgehead atoms. The third kappa shape index (κ3) is 6.83. The number of nitrogens with zero attached hydrogens (tertiary/aromatic N) is 1. The minimum Gasteiger partial charge on any atom is -0.375 e. The number of amides is 1. The van der Waals surface area contributed by atoms with Crippen LogP contribution in [-0.2, 0) is 4.79 Å². The van der Waals surface area contributed by atoms with E-state index >= 15 is 0 Å². The van der Waals surface area contributed by atoms with Crippen molar-refractivity contribution in [1.82, 2.24) is 5.32 Å². The van der Waals surface area contributed by atoms with E-state index in [2.05, 4.69) is 76.3 Å². The van der Waals surface area contributed by atoms with Gasteiger partial charge in [-0.1, -0.05) is 18.2 Å². The summed E-state index contributed by atoms with van der Waals surface area (Å²) in [5, 5.41) is 2.98. The quantitative estimate of drug-likeness (QED) is 0.382. The summed E-state index contributed by atoms with van der Waals surface area (Å²) in [6.45, 7) is 1.64. The summed E-state index contributed by atoms with van der Waals surface area (Å²) in [7, 11) is 2.07. The molecule has 0 saturated carbocycles. The first kappa shape index (κ1) is 18.1. The zero-order chi connectivity index (χ0) is 16.5. The summed E-state index contributed by atoms with van der Waals surface area (Å²) in [6, 6.07) is 18.5. The second-order valence-corrected chi connectivity index (χ2v) is 7.50. The fourth-order valence-corrected chi connectivity index (χ4v) is 3.17. The Labute approximate surface area is 156 Å². The average Bonchev–Trinajstić information content (AvgIpc) is 2.59. The van der Waals surface area contributed by atoms with Crippen molar-refractivity contribution >= 4 is 45.9 Å². The fraction of sp³-hybridized carbons (Fsp3) is 0.278. The van der Waals surface area contributed by atoms with Crippen LogP contribution in [0, 0.1) is 3.57 Å². The van der Waals surface area contributed by atoms with Crippen molar-refractivity contribution in [2.45, 2.75) is 11.3 Å². The van der Waals surface area contributed by atoms with E-state index in [1.165, 1.54) is 9.26 Å². The maximum atomic E-state index is 11.9. The van der Waals surface area contributed by atoms with Gasteiger partial charge in [0.1, 0.15) is 0 Å². The molecule has 0 aliphatic carbocycles. The van der Waals surface area contributed by atoms with Gasteiger partial charge in [0, 0.05) is 34.3 Å². The van der Waals surface area contributed by atoms with Crippen LogP contribution in [0.1, 0.15) is 6.42 Å². The molecule has 0 unspecified atom stereocenters. The summed E-state index contributed by atoms with van der Waals surface area (Å²) in [4.78, 5) is 15.2. The second kappa shape index (κ2) is 9.82. The molecule has 0 heterocycles. The van der Waals surface area contributed by atoms with Crippen LogP contribution < -0.4 is 10.2 Å². The highest BCUT2D eigenvalue weighted by molar-refractivity contribution is 14.1. The number of thioether (sulfide) groups is 1. The maximum absolute atomic E-state index is 11.9. The van der Waals surface area contributed by atoms with E-state index in [0.717, 1.165) is 17.9 Å². The monoisotopic (exact) mass is 440 g/mol. The zero-order valence-electron chi connectivity index (χ0n) is 13.2. The van der Waals surface area contributed by atoms with Crippen molar-refractivity contribution in [2.24, 2.45) is 0 Å². The van der Waals surface area contributed by atoms with Gasteiger partial charge >= 0.3 is 0 Å². The summed E-state index contributed by atoms with van der Waals surface area (Å²) < 4.78 is 1.21. The molecule has 5 heteroatoms. The Bertz CT molecular complexity index is 604. The third-order valence-electron chi connectivity index (χ3n) is 3.37. The lowest BCUT2D eigenvalue weighted by atomic mass is 10.3. The van der Waals surface area contributed by atoms with Gasteiger partial charge in [0.2, 0.25) is 5.91 Å². The molecule has 2 aromatic rings. The maximum Gasteiger partial charge on any atom is 0.230 e. The predicted octanol–water partition coefficient (Wildman–Crippen LogP) is 4.03. The van der Waals surface area contributed by atoms with Gasteiger partial charge in [-0.2, -0.15) is 0 Å². The number of rotatable bonds is 8. The topological polar surface area (TPSA) is 32.3 Å². The minimum absolute atomic E-state index is 0.0934. The lowest BCUT2D eigenvalue weighted by molar-refractivity contribution is -0.118. The van der Waals surface area contributed by atoms with Gasteiger partial charge in [0.25, 0.3) is 0 Å². The lowest BCUT2D eigenvalue weighted by Gasteiger charge is -2.19. The van der Waals surface area contributed by atoms with Crippen LogP contribution in [-0.4, -0.2) is 31.8 Å². The molecule has 2 rings (SSSR count). The summed E-state index contributed by atoms with van der Waals surface area (Å²) in [6.07, 6.45) is 0.936. The number of hydrogen-bond donors (Lipinski definition) is 1. The molecule has 0 aromatic heterocycles. The normalized spacial score (nSPS) is 10.3. The fourth-order valence-electron chi connectivity index (χ4n) is 2.09. The van der Waals surface area contributed by atoms with Gasteiger partial charge in [0.05, 0.1) is 5.75 Å². The number of benzene rings is 2. The van der Waals surface area contributed by atoms with Gasteiger partial charge in [-0.15, -0.1) is 11.8 Å². The first-order valence-corrected chi connectivity index (χ1v) is 9.63. The van der Waals surface area contributed by atoms with Crippen molar-refractivity contribution in [1.29, 1.82) is 0 Å². The molecule has 1 amide bonds. The molecule has 0 radical (unpaired) electrons. The van der Waals surface area contributed by atoms with Gasteiger partial charge < -0.3 is 10.2 Å². The van der Waals surface area contributed by atoms with Crippen LogP contribution in [0.4, 0.5) is 5.69 Å². The van der Waals surface area contributed by atoms with Crippen molar-refractivity contribution in [3.8, 4) is 0 Å². The van der Waals surface area contributed by atoms with E-state index in [0.29, 0.717) is 12.3 Å². The predicted molar refractivity (Wildman–Crippen MR) is 107 cm³/mol. The van der Waals surface area contributed by atoms with Crippen molar-refractivity contribution in [2.75, 3.05) is 30.8 Å². The van der Waals surface area contributed by atoms with Crippen LogP contribution in [0.5, 0.6) is 0 Å². The molecule has 122 valence electrons. The van der Waals surface area contributed by atoms with Crippen molar-refractivity contribution in [3.05, 3.63) is 58.2 Å². The van der Waals surface area contributed by atoms with Crippen LogP contribution in [0.25, 0.3) is 0 Å². The van der Waals surface area contributed by atoms with Gasteiger partial charge in [-0.05, 0) is 65.4 Å². The number of carbonyl (C=O) groups is 1. The lowest BCUT2D eigenvalue weighted by Crippen LogP contribution is -2.29. The summed E-state index contributed by atoms with van der Waals surface area (Å²) >= 11 is 3.85. The largest absolute Gasteiger partial charge is 0.375 e. The zero-order valence-corrected chi connectivity index (χ0v) is 16.1. The summed E-state index contributed by atoms with van der Waals surface area (Å²) in [5.41, 5.74) is 1.20. The van der Waals surface area contributed by atoms with Crippen LogP contribution >= 0.6 is 34.4 Å². The SMILES string of the molecule is CN(CCCNC(=O)CSc1ccc(I)cc1)c1ccccc1. The number of para-hydroxylation sites is 1. The standard InChI is InChI=1S/C18H21IN2OS/c1-21(16-6-3-2-4-7-16)13-5-12-20-18(22)14-23-17-10-8-15(19)9-11-17/h2-4,6-11H,5,12-14H2,1H3,(H,20,22). The highest BCUT2D eigenvalue weighted by Gasteiger charge is 2.03. The number of anilines is 1. The number of hydrogen-bond acceptors (Lipinski definition) is 3. The Morgan fingerprint density at radius 1 is 1.13 bits per heavy atom. The Morgan fingerprint density at radius 3 is 2.52 bits per heavy atom. The van der Waals surface area contributed by atoms with Gasteiger partial charge in [-0.3, -0.25) is 4.79 Å². The highest BCUT2D eigenvalue weighted by Crippen LogP contribution is 2.18. The highest BCUT2D eigenvalue weighted by atomic mass is 127. The Morgan fingerprint density at radius 2 is 1.83 bits per heavy atom. The van der Waals surface area contributed by atoms with Crippen molar-refractivity contribution < 1.29 is 4.79 Å². The van der Waals surface area contributed by atoms with Gasteiger partial charge in [0.15, 0.2) is 0 Å². The molecule has 0 spiro atoms. The first-order valence-electron chi connectivity index (χ1n) is 7.56. The second-order valence-electron chi connectivity index (χ2n) is 5.20. The minimum atomic E-state index is 0.0934. The molecule has 1 N–H and O–H groups in total. The Hall–Kier alpha value is -1.21. The van der Waals surface area contributed by atoms with Crippen molar-refractivity contribution in [3.63, 3.8) is 0 Å². The molecular formula is C18H21IN2OS. The Balaban J connectivity index is 1.60. The number of carbonyl (C=O) groups excluding carboxylic acids is 1. The van der Waals surface area contributed by atoms with Gasteiger partial charge in [-0.25, -0.2) is 0 Å². The molecule has 0 fully saturated rings. The van der Waals surface area contributed by atoms with E-state index < -0.39 is 0 Å². The molecule has 3 nitrogen and oxygen atoms in total. The Kier molecular flexibility index (Phi) is 7.74. The summed E-state index contributed by atoms with van der Waals surface area (Å²) in [5.74, 6) is 0.561. The molecule has 2 aromatic carbocycles. The van der Waals surface area contributed by atoms with E-state index in [9.17, 15) is 4.79 Å². The molecule has 0 saturated heterocycles. The molecule has 0 aliphatic heterocycles. The molecule has 23 heavy (non-hydrogen) atoms. The molecule has 0 atom stereocenters. The van der Waals surface area contributed by atoms with E-state index in [1.807, 2.05) is 18.2 Å². The van der Waals surface area contributed by atoms with E-state index in [4.69, 9.17) is 0 Å². The third-order valence-corrected chi connectivity index (χ3v) is 5.10. The molecular weight excluding hydrogens is 419 g/mol.